The number of furan rings is 1. The number of hydrogen-bond acceptors (Lipinski definition) is 8. The van der Waals surface area contributed by atoms with Crippen LogP contribution in [0.2, 0.25) is 0 Å². The summed E-state index contributed by atoms with van der Waals surface area (Å²) in [6.07, 6.45) is 0.947. The summed E-state index contributed by atoms with van der Waals surface area (Å²) in [6.45, 7) is 3.84. The van der Waals surface area contributed by atoms with Gasteiger partial charge in [-0.2, -0.15) is 4.98 Å². The van der Waals surface area contributed by atoms with Crippen molar-refractivity contribution >= 4 is 11.0 Å². The highest BCUT2D eigenvalue weighted by Crippen LogP contribution is 2.31. The molecule has 0 unspecified atom stereocenters. The number of nitrogens with two attached hydrogens (primary N) is 1. The fourth-order valence-corrected chi connectivity index (χ4v) is 3.25. The molecule has 0 aliphatic rings. The Kier molecular flexibility index (Phi) is 5.77. The number of aromatic nitrogens is 2. The molecule has 31 heavy (non-hydrogen) atoms. The molecule has 0 radical (unpaired) electrons. The van der Waals surface area contributed by atoms with Crippen molar-refractivity contribution in [2.45, 2.75) is 25.8 Å². The Morgan fingerprint density at radius 2 is 1.84 bits per heavy atom. The van der Waals surface area contributed by atoms with Gasteiger partial charge in [-0.05, 0) is 61.4 Å². The van der Waals surface area contributed by atoms with Crippen LogP contribution in [0.5, 0.6) is 5.75 Å². The normalized spacial score (nSPS) is 11.9. The van der Waals surface area contributed by atoms with Crippen LogP contribution in [0.1, 0.15) is 24.7 Å². The van der Waals surface area contributed by atoms with Crippen LogP contribution in [0.4, 0.5) is 0 Å². The van der Waals surface area contributed by atoms with Crippen LogP contribution in [-0.2, 0) is 5.54 Å². The summed E-state index contributed by atoms with van der Waals surface area (Å²) in [5, 5.41) is 23.9. The molecule has 4 aromatic rings. The molecule has 0 aliphatic heterocycles. The topological polar surface area (TPSA) is 128 Å². The lowest BCUT2D eigenvalue weighted by atomic mass is 10.00. The van der Waals surface area contributed by atoms with Gasteiger partial charge in [-0.25, -0.2) is 0 Å². The van der Waals surface area contributed by atoms with Crippen LogP contribution >= 0.6 is 0 Å². The highest BCUT2D eigenvalue weighted by molar-refractivity contribution is 5.83. The van der Waals surface area contributed by atoms with E-state index in [2.05, 4.69) is 17.1 Å². The van der Waals surface area contributed by atoms with E-state index >= 15 is 0 Å². The number of aliphatic hydroxyl groups is 2. The number of fused-ring (bicyclic) bond motifs is 1. The van der Waals surface area contributed by atoms with E-state index in [1.165, 1.54) is 0 Å². The quantitative estimate of drug-likeness (QED) is 0.393. The van der Waals surface area contributed by atoms with Gasteiger partial charge in [-0.15, -0.1) is 0 Å². The zero-order valence-electron chi connectivity index (χ0n) is 17.5. The highest BCUT2D eigenvalue weighted by atomic mass is 16.5. The average molecular weight is 423 g/mol. The predicted molar refractivity (Wildman–Crippen MR) is 116 cm³/mol. The van der Waals surface area contributed by atoms with E-state index < -0.39 is 18.8 Å². The molecule has 4 rings (SSSR count). The van der Waals surface area contributed by atoms with Gasteiger partial charge in [0.2, 0.25) is 5.82 Å². The van der Waals surface area contributed by atoms with E-state index in [4.69, 9.17) is 19.4 Å². The maximum Gasteiger partial charge on any atom is 0.258 e. The lowest BCUT2D eigenvalue weighted by Crippen LogP contribution is -2.43. The van der Waals surface area contributed by atoms with Gasteiger partial charge < -0.3 is 29.6 Å². The number of hydrogen-bond donors (Lipinski definition) is 3. The van der Waals surface area contributed by atoms with Gasteiger partial charge in [0.15, 0.2) is 0 Å². The van der Waals surface area contributed by atoms with Crippen molar-refractivity contribution in [1.29, 1.82) is 0 Å². The van der Waals surface area contributed by atoms with Crippen molar-refractivity contribution in [3.63, 3.8) is 0 Å². The number of nitrogens with zero attached hydrogens (tertiary/aromatic N) is 2. The van der Waals surface area contributed by atoms with E-state index in [-0.39, 0.29) is 0 Å². The van der Waals surface area contributed by atoms with Gasteiger partial charge in [0.1, 0.15) is 22.6 Å². The maximum atomic E-state index is 9.50. The highest BCUT2D eigenvalue weighted by Gasteiger charge is 2.30. The molecule has 2 aromatic carbocycles. The van der Waals surface area contributed by atoms with Crippen LogP contribution in [-0.4, -0.2) is 40.2 Å². The second-order valence-electron chi connectivity index (χ2n) is 7.59. The van der Waals surface area contributed by atoms with E-state index in [0.717, 1.165) is 34.2 Å². The van der Waals surface area contributed by atoms with Crippen molar-refractivity contribution in [3.05, 3.63) is 53.8 Å². The number of benzene rings is 2. The average Bonchev–Trinajstić information content (AvgIpc) is 3.45. The first-order valence-electron chi connectivity index (χ1n) is 10.1. The fourth-order valence-electron chi connectivity index (χ4n) is 3.25. The summed E-state index contributed by atoms with van der Waals surface area (Å²) in [7, 11) is 0. The molecule has 0 fully saturated rings. The van der Waals surface area contributed by atoms with E-state index in [9.17, 15) is 10.2 Å². The monoisotopic (exact) mass is 423 g/mol. The SMILES string of the molecule is CCCOc1ccc(-c2nc(-c3ccc4oc(C(N)(CO)CO)cc4c3)no2)cc1C. The molecule has 0 bridgehead atoms. The van der Waals surface area contributed by atoms with Crippen molar-refractivity contribution in [1.82, 2.24) is 10.1 Å². The third-order valence-corrected chi connectivity index (χ3v) is 5.14. The first-order chi connectivity index (χ1) is 15.0. The molecule has 0 atom stereocenters. The lowest BCUT2D eigenvalue weighted by molar-refractivity contribution is 0.105. The third kappa shape index (κ3) is 4.05. The smallest absolute Gasteiger partial charge is 0.258 e. The molecule has 8 nitrogen and oxygen atoms in total. The van der Waals surface area contributed by atoms with Crippen molar-refractivity contribution < 1.29 is 23.9 Å². The number of aliphatic hydroxyl groups excluding tert-OH is 2. The van der Waals surface area contributed by atoms with E-state index in [0.29, 0.717) is 29.7 Å². The molecular formula is C23H25N3O5. The van der Waals surface area contributed by atoms with Gasteiger partial charge in [0, 0.05) is 16.5 Å². The summed E-state index contributed by atoms with van der Waals surface area (Å²) < 4.78 is 16.9. The van der Waals surface area contributed by atoms with Gasteiger partial charge in [0.25, 0.3) is 5.89 Å². The van der Waals surface area contributed by atoms with Crippen molar-refractivity contribution in [2.24, 2.45) is 5.73 Å². The third-order valence-electron chi connectivity index (χ3n) is 5.14. The Morgan fingerprint density at radius 1 is 1.06 bits per heavy atom. The zero-order chi connectivity index (χ0) is 22.0. The van der Waals surface area contributed by atoms with Crippen LogP contribution < -0.4 is 10.5 Å². The largest absolute Gasteiger partial charge is 0.493 e. The Balaban J connectivity index is 1.62. The molecule has 4 N–H and O–H groups in total. The summed E-state index contributed by atoms with van der Waals surface area (Å²) in [5.41, 5.74) is 7.79. The van der Waals surface area contributed by atoms with Crippen LogP contribution in [0.3, 0.4) is 0 Å². The maximum absolute atomic E-state index is 9.50. The molecule has 0 aliphatic carbocycles. The number of rotatable bonds is 8. The number of aryl methyl sites for hydroxylation is 1. The summed E-state index contributed by atoms with van der Waals surface area (Å²) >= 11 is 0. The first kappa shape index (κ1) is 21.0. The van der Waals surface area contributed by atoms with Crippen LogP contribution in [0.15, 0.2) is 51.4 Å². The predicted octanol–water partition coefficient (Wildman–Crippen LogP) is 3.39. The molecule has 2 aromatic heterocycles. The van der Waals surface area contributed by atoms with E-state index in [1.54, 1.807) is 12.1 Å². The van der Waals surface area contributed by atoms with Crippen molar-refractivity contribution in [3.8, 4) is 28.6 Å². The minimum absolute atomic E-state index is 0.305. The second-order valence-corrected chi connectivity index (χ2v) is 7.59. The Hall–Kier alpha value is -3.20. The van der Waals surface area contributed by atoms with Gasteiger partial charge in [-0.3, -0.25) is 0 Å². The minimum Gasteiger partial charge on any atom is -0.493 e. The van der Waals surface area contributed by atoms with Gasteiger partial charge in [0.05, 0.1) is 19.8 Å². The van der Waals surface area contributed by atoms with Crippen molar-refractivity contribution in [2.75, 3.05) is 19.8 Å². The molecule has 2 heterocycles. The molecule has 0 saturated heterocycles. The van der Waals surface area contributed by atoms with Gasteiger partial charge in [-0.1, -0.05) is 12.1 Å². The Bertz CT molecular complexity index is 1190. The van der Waals surface area contributed by atoms with Gasteiger partial charge >= 0.3 is 0 Å². The van der Waals surface area contributed by atoms with Crippen LogP contribution in [0, 0.1) is 6.92 Å². The molecular weight excluding hydrogens is 398 g/mol. The fraction of sp³-hybridized carbons (Fsp3) is 0.304. The molecule has 0 saturated carbocycles. The molecule has 8 heteroatoms. The summed E-state index contributed by atoms with van der Waals surface area (Å²) in [5.74, 6) is 1.99. The summed E-state index contributed by atoms with van der Waals surface area (Å²) in [4.78, 5) is 4.52. The molecule has 0 amide bonds. The Labute approximate surface area is 179 Å². The van der Waals surface area contributed by atoms with E-state index in [1.807, 2.05) is 37.3 Å². The minimum atomic E-state index is -1.34. The standard InChI is InChI=1S/C23H25N3O5/c1-3-8-29-18-6-5-16(9-14(18)2)22-25-21(26-31-22)15-4-7-19-17(10-15)11-20(30-19)23(24,12-27)13-28/h4-7,9-11,27-28H,3,8,12-13,24H2,1-2H3. The summed E-state index contributed by atoms with van der Waals surface area (Å²) in [6, 6.07) is 12.9. The number of ether oxygens (including phenoxy) is 1. The van der Waals surface area contributed by atoms with Crippen LogP contribution in [0.25, 0.3) is 33.8 Å². The Morgan fingerprint density at radius 3 is 2.55 bits per heavy atom. The molecule has 162 valence electrons. The zero-order valence-corrected chi connectivity index (χ0v) is 17.5. The molecule has 0 spiro atoms. The lowest BCUT2D eigenvalue weighted by Gasteiger charge is -2.21. The first-order valence-corrected chi connectivity index (χ1v) is 10.1. The second kappa shape index (κ2) is 8.50.